The molecule has 0 saturated carbocycles. The summed E-state index contributed by atoms with van der Waals surface area (Å²) in [5, 5.41) is 12.7. The van der Waals surface area contributed by atoms with Gasteiger partial charge in [-0.25, -0.2) is 4.98 Å². The minimum Gasteiger partial charge on any atom is -0.429 e. The van der Waals surface area contributed by atoms with E-state index < -0.39 is 6.04 Å². The quantitative estimate of drug-likeness (QED) is 0.526. The molecule has 1 aromatic rings. The Hall–Kier alpha value is -2.09. The van der Waals surface area contributed by atoms with Crippen molar-refractivity contribution in [2.75, 3.05) is 33.2 Å². The average Bonchev–Trinajstić information content (AvgIpc) is 3.18. The van der Waals surface area contributed by atoms with Crippen LogP contribution in [-0.4, -0.2) is 70.9 Å². The highest BCUT2D eigenvalue weighted by molar-refractivity contribution is 5.84. The number of guanidine groups is 1. The van der Waals surface area contributed by atoms with Crippen LogP contribution < -0.4 is 11.1 Å². The van der Waals surface area contributed by atoms with Crippen molar-refractivity contribution in [1.82, 2.24) is 25.1 Å². The first kappa shape index (κ1) is 18.3. The lowest BCUT2D eigenvalue weighted by Gasteiger charge is -2.27. The van der Waals surface area contributed by atoms with Crippen molar-refractivity contribution < 1.29 is 4.79 Å². The Kier molecular flexibility index (Phi) is 7.05. The second kappa shape index (κ2) is 9.27. The Balaban J connectivity index is 1.47. The first-order chi connectivity index (χ1) is 11.6. The number of nitrogens with one attached hydrogen (secondary N) is 2. The maximum atomic E-state index is 11.9. The van der Waals surface area contributed by atoms with Gasteiger partial charge in [0.05, 0.1) is 12.4 Å². The monoisotopic (exact) mass is 334 g/mol. The number of amides is 1. The van der Waals surface area contributed by atoms with Crippen molar-refractivity contribution in [1.29, 1.82) is 0 Å². The standard InChI is InChI=1S/C16H28N7O/c1-22-8-9-23(16(22)18)7-5-3-2-4-6-20-15(24)14(17)10-13-11-19-12-21-13/h11-12,14H,2-10,17H2,1H3,(H,19,21)(H,20,24)/q-1. The number of H-pyrrole nitrogens is 1. The molecule has 24 heavy (non-hydrogen) atoms. The van der Waals surface area contributed by atoms with Crippen LogP contribution in [0.4, 0.5) is 0 Å². The zero-order chi connectivity index (χ0) is 17.4. The molecule has 2 heterocycles. The number of unbranched alkanes of at least 4 members (excludes halogenated alkanes) is 3. The number of carbonyl (C=O) groups excluding carboxylic acids is 1. The number of aromatic amines is 1. The SMILES string of the molecule is CN1CCN(CCCCCCNC(=O)C(N)Cc2cnc[nH]2)C1=[N-]. The van der Waals surface area contributed by atoms with Crippen LogP contribution in [0.2, 0.25) is 0 Å². The predicted octanol–water partition coefficient (Wildman–Crippen LogP) is 0.129. The Morgan fingerprint density at radius 1 is 1.42 bits per heavy atom. The topological polar surface area (TPSA) is 113 Å². The summed E-state index contributed by atoms with van der Waals surface area (Å²) in [5.41, 5.74) is 6.74. The fourth-order valence-electron chi connectivity index (χ4n) is 2.77. The molecule has 1 atom stereocenters. The largest absolute Gasteiger partial charge is 0.429 e. The molecule has 1 aliphatic heterocycles. The van der Waals surface area contributed by atoms with Crippen molar-refractivity contribution in [3.63, 3.8) is 0 Å². The van der Waals surface area contributed by atoms with Gasteiger partial charge in [0.15, 0.2) is 0 Å². The molecule has 1 aromatic heterocycles. The summed E-state index contributed by atoms with van der Waals surface area (Å²) >= 11 is 0. The zero-order valence-electron chi connectivity index (χ0n) is 14.4. The van der Waals surface area contributed by atoms with Gasteiger partial charge in [0.1, 0.15) is 0 Å². The molecule has 1 saturated heterocycles. The average molecular weight is 334 g/mol. The van der Waals surface area contributed by atoms with E-state index >= 15 is 0 Å². The van der Waals surface area contributed by atoms with Crippen LogP contribution in [0, 0.1) is 0 Å². The molecule has 0 bridgehead atoms. The molecule has 0 radical (unpaired) electrons. The van der Waals surface area contributed by atoms with E-state index in [1.54, 1.807) is 12.5 Å². The third kappa shape index (κ3) is 5.52. The van der Waals surface area contributed by atoms with Gasteiger partial charge in [0.25, 0.3) is 0 Å². The van der Waals surface area contributed by atoms with E-state index in [-0.39, 0.29) is 5.91 Å². The maximum Gasteiger partial charge on any atom is 0.237 e. The molecular weight excluding hydrogens is 306 g/mol. The van der Waals surface area contributed by atoms with Gasteiger partial charge in [-0.3, -0.25) is 4.79 Å². The minimum absolute atomic E-state index is 0.121. The number of hydrogen-bond acceptors (Lipinski definition) is 3. The predicted molar refractivity (Wildman–Crippen MR) is 94.3 cm³/mol. The number of rotatable bonds is 10. The highest BCUT2D eigenvalue weighted by Gasteiger charge is 2.14. The van der Waals surface area contributed by atoms with E-state index in [2.05, 4.69) is 15.3 Å². The molecular formula is C16H28N7O-. The third-order valence-electron chi connectivity index (χ3n) is 4.32. The summed E-state index contributed by atoms with van der Waals surface area (Å²) in [6.45, 7) is 3.32. The molecule has 1 amide bonds. The number of nitrogens with two attached hydrogens (primary N) is 1. The van der Waals surface area contributed by atoms with Gasteiger partial charge < -0.3 is 31.2 Å². The second-order valence-electron chi connectivity index (χ2n) is 6.30. The van der Waals surface area contributed by atoms with Crippen LogP contribution in [0.15, 0.2) is 12.5 Å². The fraction of sp³-hybridized carbons (Fsp3) is 0.688. The summed E-state index contributed by atoms with van der Waals surface area (Å²) in [6, 6.07) is -0.545. The Bertz CT molecular complexity index is 517. The Morgan fingerprint density at radius 3 is 2.88 bits per heavy atom. The van der Waals surface area contributed by atoms with E-state index in [4.69, 9.17) is 5.73 Å². The van der Waals surface area contributed by atoms with Crippen LogP contribution >= 0.6 is 0 Å². The van der Waals surface area contributed by atoms with Crippen molar-refractivity contribution in [3.05, 3.63) is 23.6 Å². The van der Waals surface area contributed by atoms with Gasteiger partial charge in [-0.15, -0.1) is 0 Å². The summed E-state index contributed by atoms with van der Waals surface area (Å²) in [6.07, 6.45) is 7.86. The Morgan fingerprint density at radius 2 is 2.21 bits per heavy atom. The number of nitrogens with zero attached hydrogens (tertiary/aromatic N) is 4. The van der Waals surface area contributed by atoms with Crippen LogP contribution in [0.3, 0.4) is 0 Å². The van der Waals surface area contributed by atoms with E-state index in [9.17, 15) is 10.2 Å². The molecule has 1 unspecified atom stereocenters. The van der Waals surface area contributed by atoms with Crippen molar-refractivity contribution in [2.45, 2.75) is 38.1 Å². The maximum absolute atomic E-state index is 11.9. The molecule has 4 N–H and O–H groups in total. The number of aromatic nitrogens is 2. The highest BCUT2D eigenvalue weighted by Crippen LogP contribution is 2.08. The first-order valence-electron chi connectivity index (χ1n) is 8.60. The van der Waals surface area contributed by atoms with Crippen LogP contribution in [0.1, 0.15) is 31.4 Å². The zero-order valence-corrected chi connectivity index (χ0v) is 14.4. The highest BCUT2D eigenvalue weighted by atomic mass is 16.2. The molecule has 134 valence electrons. The lowest BCUT2D eigenvalue weighted by Crippen LogP contribution is -2.42. The molecule has 1 fully saturated rings. The van der Waals surface area contributed by atoms with Crippen LogP contribution in [0.5, 0.6) is 0 Å². The van der Waals surface area contributed by atoms with E-state index in [0.29, 0.717) is 18.9 Å². The van der Waals surface area contributed by atoms with Crippen molar-refractivity contribution >= 4 is 11.9 Å². The smallest absolute Gasteiger partial charge is 0.237 e. The molecule has 8 nitrogen and oxygen atoms in total. The van der Waals surface area contributed by atoms with Crippen LogP contribution in [0.25, 0.3) is 5.41 Å². The summed E-state index contributed by atoms with van der Waals surface area (Å²) in [7, 11) is 1.90. The minimum atomic E-state index is -0.545. The molecule has 1 aliphatic rings. The van der Waals surface area contributed by atoms with E-state index in [1.807, 2.05) is 16.8 Å². The third-order valence-corrected chi connectivity index (χ3v) is 4.32. The summed E-state index contributed by atoms with van der Waals surface area (Å²) < 4.78 is 0. The lowest BCUT2D eigenvalue weighted by atomic mass is 10.1. The van der Waals surface area contributed by atoms with Gasteiger partial charge in [-0.05, 0) is 39.5 Å². The normalized spacial score (nSPS) is 15.8. The second-order valence-corrected chi connectivity index (χ2v) is 6.30. The summed E-state index contributed by atoms with van der Waals surface area (Å²) in [4.78, 5) is 22.6. The van der Waals surface area contributed by atoms with Crippen LogP contribution in [-0.2, 0) is 11.2 Å². The van der Waals surface area contributed by atoms with Gasteiger partial charge in [0.2, 0.25) is 5.91 Å². The number of imidazole rings is 1. The molecule has 0 aliphatic carbocycles. The molecule has 0 aromatic carbocycles. The number of carbonyl (C=O) groups is 1. The molecule has 8 heteroatoms. The summed E-state index contributed by atoms with van der Waals surface area (Å²) in [5.74, 6) is 0.262. The first-order valence-corrected chi connectivity index (χ1v) is 8.60. The van der Waals surface area contributed by atoms with Gasteiger partial charge >= 0.3 is 0 Å². The molecule has 2 rings (SSSR count). The van der Waals surface area contributed by atoms with Crippen molar-refractivity contribution in [2.24, 2.45) is 5.73 Å². The van der Waals surface area contributed by atoms with E-state index in [1.165, 1.54) is 0 Å². The van der Waals surface area contributed by atoms with Crippen molar-refractivity contribution in [3.8, 4) is 0 Å². The fourth-order valence-corrected chi connectivity index (χ4v) is 2.77. The Labute approximate surface area is 143 Å². The lowest BCUT2D eigenvalue weighted by molar-refractivity contribution is -0.122. The molecule has 0 spiro atoms. The van der Waals surface area contributed by atoms with Gasteiger partial charge in [-0.2, -0.15) is 0 Å². The van der Waals surface area contributed by atoms with E-state index in [0.717, 1.165) is 51.0 Å². The van der Waals surface area contributed by atoms with Gasteiger partial charge in [-0.1, -0.05) is 12.8 Å². The van der Waals surface area contributed by atoms with Gasteiger partial charge in [0, 0.05) is 30.8 Å². The number of hydrogen-bond donors (Lipinski definition) is 3. The number of likely N-dealkylation sites (N-methyl/N-ethyl adjacent to an activating group) is 1.